The molecule has 0 saturated carbocycles. The van der Waals surface area contributed by atoms with Crippen molar-refractivity contribution in [3.05, 3.63) is 35.0 Å². The van der Waals surface area contributed by atoms with Gasteiger partial charge in [0.05, 0.1) is 0 Å². The predicted molar refractivity (Wildman–Crippen MR) is 83.9 cm³/mol. The van der Waals surface area contributed by atoms with Gasteiger partial charge in [-0.15, -0.1) is 0 Å². The fourth-order valence-electron chi connectivity index (χ4n) is 2.28. The standard InChI is InChI=1S/C17H21NO4/c1-10-6-11(2)12-8-14(18-13(12)7-10)16(20)21-9-15(19)22-17(3,4)5/h6-8,18H,9H2,1-5H3. The lowest BCUT2D eigenvalue weighted by Gasteiger charge is -2.19. The molecule has 5 nitrogen and oxygen atoms in total. The van der Waals surface area contributed by atoms with E-state index in [1.807, 2.05) is 26.0 Å². The lowest BCUT2D eigenvalue weighted by molar-refractivity contribution is -0.158. The van der Waals surface area contributed by atoms with Gasteiger partial charge in [0.25, 0.3) is 0 Å². The topological polar surface area (TPSA) is 68.4 Å². The Labute approximate surface area is 129 Å². The lowest BCUT2D eigenvalue weighted by Crippen LogP contribution is -2.27. The number of ether oxygens (including phenoxy) is 2. The van der Waals surface area contributed by atoms with Crippen LogP contribution in [0.3, 0.4) is 0 Å². The Bertz CT molecular complexity index is 722. The van der Waals surface area contributed by atoms with E-state index in [0.717, 1.165) is 22.0 Å². The number of hydrogen-bond donors (Lipinski definition) is 1. The van der Waals surface area contributed by atoms with Crippen LogP contribution < -0.4 is 0 Å². The molecule has 0 atom stereocenters. The van der Waals surface area contributed by atoms with E-state index in [1.165, 1.54) is 0 Å². The van der Waals surface area contributed by atoms with Gasteiger partial charge in [-0.25, -0.2) is 9.59 Å². The average Bonchev–Trinajstić information content (AvgIpc) is 2.78. The summed E-state index contributed by atoms with van der Waals surface area (Å²) in [5.41, 5.74) is 2.80. The maximum absolute atomic E-state index is 12.0. The summed E-state index contributed by atoms with van der Waals surface area (Å²) in [6.07, 6.45) is 0. The van der Waals surface area contributed by atoms with Gasteiger partial charge in [0.2, 0.25) is 0 Å². The lowest BCUT2D eigenvalue weighted by atomic mass is 10.1. The van der Waals surface area contributed by atoms with Crippen LogP contribution in [0.1, 0.15) is 42.4 Å². The van der Waals surface area contributed by atoms with E-state index in [9.17, 15) is 9.59 Å². The first-order valence-corrected chi connectivity index (χ1v) is 7.14. The zero-order valence-electron chi connectivity index (χ0n) is 13.6. The number of aryl methyl sites for hydroxylation is 2. The minimum atomic E-state index is -0.598. The Morgan fingerprint density at radius 3 is 2.45 bits per heavy atom. The van der Waals surface area contributed by atoms with E-state index in [-0.39, 0.29) is 0 Å². The quantitative estimate of drug-likeness (QED) is 0.883. The summed E-state index contributed by atoms with van der Waals surface area (Å²) in [6.45, 7) is 8.86. The van der Waals surface area contributed by atoms with E-state index in [0.29, 0.717) is 5.69 Å². The first kappa shape index (κ1) is 16.1. The number of aromatic nitrogens is 1. The third-order valence-electron chi connectivity index (χ3n) is 3.05. The number of fused-ring (bicyclic) bond motifs is 1. The molecule has 0 radical (unpaired) electrons. The molecule has 1 aromatic heterocycles. The Kier molecular flexibility index (Phi) is 4.26. The van der Waals surface area contributed by atoms with Gasteiger partial charge in [-0.1, -0.05) is 6.07 Å². The highest BCUT2D eigenvalue weighted by molar-refractivity contribution is 5.96. The van der Waals surface area contributed by atoms with E-state index >= 15 is 0 Å². The van der Waals surface area contributed by atoms with Crippen molar-refractivity contribution in [3.63, 3.8) is 0 Å². The van der Waals surface area contributed by atoms with Gasteiger partial charge < -0.3 is 14.5 Å². The molecule has 0 bridgehead atoms. The number of carbonyl (C=O) groups excluding carboxylic acids is 2. The van der Waals surface area contributed by atoms with Crippen LogP contribution >= 0.6 is 0 Å². The second kappa shape index (κ2) is 5.83. The first-order valence-electron chi connectivity index (χ1n) is 7.14. The molecule has 0 amide bonds. The molecule has 1 heterocycles. The minimum Gasteiger partial charge on any atom is -0.457 e. The van der Waals surface area contributed by atoms with Crippen molar-refractivity contribution in [2.24, 2.45) is 0 Å². The Hall–Kier alpha value is -2.30. The SMILES string of the molecule is Cc1cc(C)c2cc(C(=O)OCC(=O)OC(C)(C)C)[nH]c2c1. The highest BCUT2D eigenvalue weighted by Gasteiger charge is 2.19. The molecule has 1 N–H and O–H groups in total. The maximum Gasteiger partial charge on any atom is 0.355 e. The van der Waals surface area contributed by atoms with Crippen molar-refractivity contribution < 1.29 is 19.1 Å². The molecule has 1 aromatic carbocycles. The van der Waals surface area contributed by atoms with Gasteiger partial charge in [0, 0.05) is 10.9 Å². The van der Waals surface area contributed by atoms with Crippen LogP contribution in [0.15, 0.2) is 18.2 Å². The summed E-state index contributed by atoms with van der Waals surface area (Å²) in [4.78, 5) is 26.6. The van der Waals surface area contributed by atoms with Gasteiger partial charge in [-0.3, -0.25) is 0 Å². The third kappa shape index (κ3) is 3.87. The number of H-pyrrole nitrogens is 1. The molecule has 0 aliphatic rings. The molecule has 2 rings (SSSR count). The van der Waals surface area contributed by atoms with Gasteiger partial charge in [0.1, 0.15) is 11.3 Å². The van der Waals surface area contributed by atoms with Crippen molar-refractivity contribution in [1.82, 2.24) is 4.98 Å². The summed E-state index contributed by atoms with van der Waals surface area (Å²) < 4.78 is 10.1. The summed E-state index contributed by atoms with van der Waals surface area (Å²) in [7, 11) is 0. The monoisotopic (exact) mass is 303 g/mol. The highest BCUT2D eigenvalue weighted by atomic mass is 16.6. The van der Waals surface area contributed by atoms with Crippen LogP contribution in [-0.2, 0) is 14.3 Å². The zero-order valence-corrected chi connectivity index (χ0v) is 13.6. The van der Waals surface area contributed by atoms with Crippen molar-refractivity contribution in [3.8, 4) is 0 Å². The summed E-state index contributed by atoms with van der Waals surface area (Å²) in [6, 6.07) is 5.75. The summed E-state index contributed by atoms with van der Waals surface area (Å²) in [5, 5.41) is 0.967. The molecule has 0 unspecified atom stereocenters. The zero-order chi connectivity index (χ0) is 16.5. The van der Waals surface area contributed by atoms with Crippen molar-refractivity contribution in [1.29, 1.82) is 0 Å². The van der Waals surface area contributed by atoms with E-state index in [4.69, 9.17) is 9.47 Å². The van der Waals surface area contributed by atoms with Crippen LogP contribution in [0.25, 0.3) is 10.9 Å². The van der Waals surface area contributed by atoms with Gasteiger partial charge in [-0.05, 0) is 57.9 Å². The largest absolute Gasteiger partial charge is 0.457 e. The molecule has 0 spiro atoms. The van der Waals surface area contributed by atoms with Crippen LogP contribution in [-0.4, -0.2) is 29.1 Å². The highest BCUT2D eigenvalue weighted by Crippen LogP contribution is 2.21. The van der Waals surface area contributed by atoms with E-state index in [1.54, 1.807) is 26.8 Å². The molecule has 0 aliphatic carbocycles. The van der Waals surface area contributed by atoms with Gasteiger partial charge >= 0.3 is 11.9 Å². The van der Waals surface area contributed by atoms with E-state index in [2.05, 4.69) is 4.98 Å². The van der Waals surface area contributed by atoms with E-state index < -0.39 is 24.1 Å². The van der Waals surface area contributed by atoms with Gasteiger partial charge in [0.15, 0.2) is 6.61 Å². The fourth-order valence-corrected chi connectivity index (χ4v) is 2.28. The number of nitrogens with one attached hydrogen (secondary N) is 1. The molecule has 0 saturated heterocycles. The maximum atomic E-state index is 12.0. The second-order valence-corrected chi connectivity index (χ2v) is 6.39. The Morgan fingerprint density at radius 2 is 1.82 bits per heavy atom. The fraction of sp³-hybridized carbons (Fsp3) is 0.412. The average molecular weight is 303 g/mol. The van der Waals surface area contributed by atoms with Crippen molar-refractivity contribution in [2.45, 2.75) is 40.2 Å². The molecule has 0 fully saturated rings. The third-order valence-corrected chi connectivity index (χ3v) is 3.05. The number of rotatable bonds is 3. The van der Waals surface area contributed by atoms with Crippen LogP contribution in [0.2, 0.25) is 0 Å². The van der Waals surface area contributed by atoms with Crippen molar-refractivity contribution >= 4 is 22.8 Å². The summed E-state index contributed by atoms with van der Waals surface area (Å²) >= 11 is 0. The number of hydrogen-bond acceptors (Lipinski definition) is 4. The second-order valence-electron chi connectivity index (χ2n) is 6.39. The Balaban J connectivity index is 2.07. The molecular weight excluding hydrogens is 282 g/mol. The molecule has 2 aromatic rings. The minimum absolute atomic E-state index is 0.326. The molecule has 118 valence electrons. The Morgan fingerprint density at radius 1 is 1.14 bits per heavy atom. The molecule has 5 heteroatoms. The van der Waals surface area contributed by atoms with Crippen LogP contribution in [0, 0.1) is 13.8 Å². The van der Waals surface area contributed by atoms with Crippen LogP contribution in [0.4, 0.5) is 0 Å². The predicted octanol–water partition coefficient (Wildman–Crippen LogP) is 3.28. The molecule has 0 aliphatic heterocycles. The van der Waals surface area contributed by atoms with Gasteiger partial charge in [-0.2, -0.15) is 0 Å². The molecule has 22 heavy (non-hydrogen) atoms. The normalized spacial score (nSPS) is 11.5. The number of esters is 2. The van der Waals surface area contributed by atoms with Crippen LogP contribution in [0.5, 0.6) is 0 Å². The smallest absolute Gasteiger partial charge is 0.355 e. The first-order chi connectivity index (χ1) is 10.2. The number of aromatic amines is 1. The summed E-state index contributed by atoms with van der Waals surface area (Å²) in [5.74, 6) is -1.14. The number of benzene rings is 1. The number of carbonyl (C=O) groups is 2. The van der Waals surface area contributed by atoms with Crippen molar-refractivity contribution in [2.75, 3.05) is 6.61 Å². The molecular formula is C17H21NO4.